The van der Waals surface area contributed by atoms with Crippen molar-refractivity contribution < 1.29 is 9.59 Å². The van der Waals surface area contributed by atoms with Crippen LogP contribution in [0.2, 0.25) is 0 Å². The van der Waals surface area contributed by atoms with Gasteiger partial charge in [0.1, 0.15) is 5.69 Å². The van der Waals surface area contributed by atoms with Crippen molar-refractivity contribution in [2.24, 2.45) is 0 Å². The molecule has 6 heteroatoms. The average Bonchev–Trinajstić information content (AvgIpc) is 2.62. The second-order valence-electron chi connectivity index (χ2n) is 5.98. The molecule has 0 aliphatic rings. The molecule has 132 valence electrons. The molecule has 0 fully saturated rings. The van der Waals surface area contributed by atoms with Crippen molar-refractivity contribution in [3.8, 4) is 0 Å². The van der Waals surface area contributed by atoms with E-state index in [0.29, 0.717) is 18.7 Å². The van der Waals surface area contributed by atoms with Crippen LogP contribution in [0.15, 0.2) is 48.7 Å². The molecule has 2 rings (SSSR count). The van der Waals surface area contributed by atoms with E-state index in [9.17, 15) is 9.59 Å². The maximum atomic E-state index is 12.2. The number of nitrogens with zero attached hydrogens (tertiary/aromatic N) is 2. The van der Waals surface area contributed by atoms with Crippen LogP contribution in [0.5, 0.6) is 0 Å². The maximum Gasteiger partial charge on any atom is 0.269 e. The Hall–Kier alpha value is -2.73. The molecule has 1 aromatic carbocycles. The first kappa shape index (κ1) is 18.6. The minimum absolute atomic E-state index is 0.208. The number of carbonyl (C=O) groups excluding carboxylic acids is 2. The van der Waals surface area contributed by atoms with E-state index < -0.39 is 0 Å². The van der Waals surface area contributed by atoms with Gasteiger partial charge in [-0.1, -0.05) is 30.3 Å². The van der Waals surface area contributed by atoms with Crippen LogP contribution in [0, 0.1) is 0 Å². The second-order valence-corrected chi connectivity index (χ2v) is 5.98. The van der Waals surface area contributed by atoms with Crippen LogP contribution < -0.4 is 10.6 Å². The highest BCUT2D eigenvalue weighted by Crippen LogP contribution is 2.03. The number of carbonyl (C=O) groups is 2. The van der Waals surface area contributed by atoms with Crippen molar-refractivity contribution >= 4 is 11.8 Å². The van der Waals surface area contributed by atoms with Gasteiger partial charge in [0.2, 0.25) is 0 Å². The van der Waals surface area contributed by atoms with Crippen molar-refractivity contribution in [2.75, 3.05) is 33.7 Å². The van der Waals surface area contributed by atoms with Gasteiger partial charge in [-0.3, -0.25) is 14.6 Å². The van der Waals surface area contributed by atoms with E-state index in [4.69, 9.17) is 0 Å². The normalized spacial score (nSPS) is 10.5. The van der Waals surface area contributed by atoms with Crippen LogP contribution in [-0.2, 0) is 6.42 Å². The molecule has 0 saturated carbocycles. The third-order valence-corrected chi connectivity index (χ3v) is 3.64. The van der Waals surface area contributed by atoms with Gasteiger partial charge in [-0.05, 0) is 38.2 Å². The smallest absolute Gasteiger partial charge is 0.269 e. The second kappa shape index (κ2) is 9.54. The molecule has 0 aliphatic carbocycles. The molecule has 2 aromatic rings. The lowest BCUT2D eigenvalue weighted by molar-refractivity contribution is 0.0946. The Morgan fingerprint density at radius 2 is 1.72 bits per heavy atom. The summed E-state index contributed by atoms with van der Waals surface area (Å²) in [5.41, 5.74) is 1.84. The van der Waals surface area contributed by atoms with Crippen molar-refractivity contribution in [3.05, 3.63) is 65.5 Å². The molecule has 2 amide bonds. The Morgan fingerprint density at radius 1 is 1.00 bits per heavy atom. The van der Waals surface area contributed by atoms with Crippen LogP contribution in [-0.4, -0.2) is 55.4 Å². The van der Waals surface area contributed by atoms with Crippen molar-refractivity contribution in [3.63, 3.8) is 0 Å². The summed E-state index contributed by atoms with van der Waals surface area (Å²) in [5, 5.41) is 5.65. The highest BCUT2D eigenvalue weighted by Gasteiger charge is 2.11. The van der Waals surface area contributed by atoms with Crippen LogP contribution in [0.4, 0.5) is 0 Å². The Kier molecular flexibility index (Phi) is 7.10. The van der Waals surface area contributed by atoms with Gasteiger partial charge in [0.05, 0.1) is 0 Å². The largest absolute Gasteiger partial charge is 0.352 e. The lowest BCUT2D eigenvalue weighted by Gasteiger charge is -2.10. The third kappa shape index (κ3) is 6.35. The number of rotatable bonds is 8. The summed E-state index contributed by atoms with van der Waals surface area (Å²) in [6, 6.07) is 13.1. The Bertz CT molecular complexity index is 702. The quantitative estimate of drug-likeness (QED) is 0.761. The summed E-state index contributed by atoms with van der Waals surface area (Å²) >= 11 is 0. The Balaban J connectivity index is 1.86. The van der Waals surface area contributed by atoms with Gasteiger partial charge in [0.25, 0.3) is 11.8 Å². The summed E-state index contributed by atoms with van der Waals surface area (Å²) in [6.07, 6.45) is 2.24. The molecule has 1 heterocycles. The summed E-state index contributed by atoms with van der Waals surface area (Å²) in [6.45, 7) is 1.81. The lowest BCUT2D eigenvalue weighted by atomic mass is 10.1. The lowest BCUT2D eigenvalue weighted by Crippen LogP contribution is -2.32. The van der Waals surface area contributed by atoms with E-state index in [1.165, 1.54) is 17.8 Å². The Morgan fingerprint density at radius 3 is 2.44 bits per heavy atom. The summed E-state index contributed by atoms with van der Waals surface area (Å²) in [4.78, 5) is 30.3. The number of nitrogens with one attached hydrogen (secondary N) is 2. The molecule has 0 bridgehead atoms. The first-order chi connectivity index (χ1) is 12.1. The van der Waals surface area contributed by atoms with E-state index >= 15 is 0 Å². The molecule has 0 unspecified atom stereocenters. The molecule has 0 atom stereocenters. The van der Waals surface area contributed by atoms with Crippen molar-refractivity contribution in [1.29, 1.82) is 0 Å². The van der Waals surface area contributed by atoms with Crippen LogP contribution in [0.1, 0.15) is 26.4 Å². The highest BCUT2D eigenvalue weighted by molar-refractivity contribution is 5.98. The first-order valence-electron chi connectivity index (χ1n) is 8.27. The molecule has 0 spiro atoms. The number of hydrogen-bond donors (Lipinski definition) is 2. The van der Waals surface area contributed by atoms with E-state index in [1.54, 1.807) is 6.07 Å². The Labute approximate surface area is 148 Å². The fourth-order valence-corrected chi connectivity index (χ4v) is 2.25. The van der Waals surface area contributed by atoms with Crippen LogP contribution in [0.25, 0.3) is 0 Å². The van der Waals surface area contributed by atoms with Crippen LogP contribution in [0.3, 0.4) is 0 Å². The fourth-order valence-electron chi connectivity index (χ4n) is 2.25. The van der Waals surface area contributed by atoms with Crippen LogP contribution >= 0.6 is 0 Å². The van der Waals surface area contributed by atoms with Gasteiger partial charge < -0.3 is 15.5 Å². The van der Waals surface area contributed by atoms with E-state index in [2.05, 4.69) is 15.6 Å². The maximum absolute atomic E-state index is 12.2. The minimum Gasteiger partial charge on any atom is -0.352 e. The molecular formula is C19H24N4O2. The number of aromatic nitrogens is 1. The van der Waals surface area contributed by atoms with Gasteiger partial charge >= 0.3 is 0 Å². The topological polar surface area (TPSA) is 74.3 Å². The number of likely N-dealkylation sites (N-methyl/N-ethyl adjacent to an activating group) is 1. The molecule has 6 nitrogen and oxygen atoms in total. The predicted molar refractivity (Wildman–Crippen MR) is 97.6 cm³/mol. The number of amides is 2. The molecule has 2 N–H and O–H groups in total. The van der Waals surface area contributed by atoms with Gasteiger partial charge in [0, 0.05) is 31.4 Å². The standard InChI is InChI=1S/C19H24N4O2/c1-23(2)13-12-22-19(25)17-14-16(9-11-20-17)18(24)21-10-8-15-6-4-3-5-7-15/h3-7,9,11,14H,8,10,12-13H2,1-2H3,(H,21,24)(H,22,25). The average molecular weight is 340 g/mol. The fraction of sp³-hybridized carbons (Fsp3) is 0.316. The zero-order chi connectivity index (χ0) is 18.1. The van der Waals surface area contributed by atoms with E-state index in [-0.39, 0.29) is 17.5 Å². The number of pyridine rings is 1. The zero-order valence-electron chi connectivity index (χ0n) is 14.7. The molecule has 25 heavy (non-hydrogen) atoms. The molecular weight excluding hydrogens is 316 g/mol. The minimum atomic E-state index is -0.277. The molecule has 0 radical (unpaired) electrons. The zero-order valence-corrected chi connectivity index (χ0v) is 14.7. The summed E-state index contributed by atoms with van der Waals surface area (Å²) in [5.74, 6) is -0.485. The predicted octanol–water partition coefficient (Wildman–Crippen LogP) is 1.35. The van der Waals surface area contributed by atoms with Gasteiger partial charge in [-0.15, -0.1) is 0 Å². The SMILES string of the molecule is CN(C)CCNC(=O)c1cc(C(=O)NCCc2ccccc2)ccn1. The van der Waals surface area contributed by atoms with E-state index in [0.717, 1.165) is 13.0 Å². The highest BCUT2D eigenvalue weighted by atomic mass is 16.2. The summed E-state index contributed by atoms with van der Waals surface area (Å²) in [7, 11) is 3.87. The van der Waals surface area contributed by atoms with Gasteiger partial charge in [0.15, 0.2) is 0 Å². The number of benzene rings is 1. The van der Waals surface area contributed by atoms with Gasteiger partial charge in [-0.2, -0.15) is 0 Å². The van der Waals surface area contributed by atoms with Crippen molar-refractivity contribution in [2.45, 2.75) is 6.42 Å². The monoisotopic (exact) mass is 340 g/mol. The molecule has 1 aromatic heterocycles. The first-order valence-corrected chi connectivity index (χ1v) is 8.27. The van der Waals surface area contributed by atoms with E-state index in [1.807, 2.05) is 49.3 Å². The summed E-state index contributed by atoms with van der Waals surface area (Å²) < 4.78 is 0. The molecule has 0 aliphatic heterocycles. The third-order valence-electron chi connectivity index (χ3n) is 3.64. The molecule has 0 saturated heterocycles. The van der Waals surface area contributed by atoms with Gasteiger partial charge in [-0.25, -0.2) is 0 Å². The van der Waals surface area contributed by atoms with Crippen molar-refractivity contribution in [1.82, 2.24) is 20.5 Å². The number of hydrogen-bond acceptors (Lipinski definition) is 4.